The zero-order chi connectivity index (χ0) is 14.9. The van der Waals surface area contributed by atoms with Crippen molar-refractivity contribution in [2.24, 2.45) is 0 Å². The van der Waals surface area contributed by atoms with Gasteiger partial charge < -0.3 is 9.47 Å². The van der Waals surface area contributed by atoms with Gasteiger partial charge in [0.15, 0.2) is 0 Å². The Bertz CT molecular complexity index is 776. The highest BCUT2D eigenvalue weighted by Crippen LogP contribution is 2.31. The Labute approximate surface area is 134 Å². The normalized spacial score (nSPS) is 16.3. The van der Waals surface area contributed by atoms with E-state index in [1.165, 1.54) is 11.1 Å². The van der Waals surface area contributed by atoms with Gasteiger partial charge in [0.1, 0.15) is 0 Å². The molecule has 0 radical (unpaired) electrons. The van der Waals surface area contributed by atoms with Gasteiger partial charge in [-0.2, -0.15) is 0 Å². The Balaban J connectivity index is 1.59. The van der Waals surface area contributed by atoms with Crippen LogP contribution in [0.3, 0.4) is 0 Å². The van der Waals surface area contributed by atoms with E-state index < -0.39 is 0 Å². The second-order valence-corrected chi connectivity index (χ2v) is 6.16. The topological polar surface area (TPSA) is 34.0 Å². The van der Waals surface area contributed by atoms with Gasteiger partial charge in [-0.3, -0.25) is 4.98 Å². The summed E-state index contributed by atoms with van der Waals surface area (Å²) >= 11 is 6.07. The number of anilines is 1. The molecule has 0 spiro atoms. The van der Waals surface area contributed by atoms with Crippen molar-refractivity contribution < 1.29 is 0 Å². The highest BCUT2D eigenvalue weighted by atomic mass is 35.5. The molecule has 1 aliphatic rings. The van der Waals surface area contributed by atoms with Crippen molar-refractivity contribution in [3.05, 3.63) is 54.2 Å². The minimum absolute atomic E-state index is 0.557. The minimum Gasteiger partial charge on any atom is -0.371 e. The fourth-order valence-corrected chi connectivity index (χ4v) is 3.44. The van der Waals surface area contributed by atoms with Gasteiger partial charge in [0.2, 0.25) is 0 Å². The minimum atomic E-state index is 0.557. The summed E-state index contributed by atoms with van der Waals surface area (Å²) < 4.78 is 2.22. The van der Waals surface area contributed by atoms with Gasteiger partial charge in [0.05, 0.1) is 11.8 Å². The smallest absolute Gasteiger partial charge is 0.0948 e. The summed E-state index contributed by atoms with van der Waals surface area (Å²) in [4.78, 5) is 11.0. The van der Waals surface area contributed by atoms with E-state index in [4.69, 9.17) is 11.6 Å². The maximum Gasteiger partial charge on any atom is 0.0948 e. The largest absolute Gasteiger partial charge is 0.371 e. The Morgan fingerprint density at radius 3 is 2.73 bits per heavy atom. The van der Waals surface area contributed by atoms with Gasteiger partial charge in [-0.1, -0.05) is 11.6 Å². The van der Waals surface area contributed by atoms with Crippen LogP contribution < -0.4 is 4.90 Å². The summed E-state index contributed by atoms with van der Waals surface area (Å²) in [6.45, 7) is 2.09. The Morgan fingerprint density at radius 2 is 1.95 bits per heavy atom. The predicted octanol–water partition coefficient (Wildman–Crippen LogP) is 3.93. The van der Waals surface area contributed by atoms with Gasteiger partial charge in [-0.15, -0.1) is 0 Å². The standard InChI is InChI=1S/C17H17ClN4/c18-13-1-2-15-16(11-13)20-6-3-17(15)21-8-4-14(5-9-21)22-10-7-19-12-22/h1-3,6-7,10-12,14H,4-5,8-9H2. The van der Waals surface area contributed by atoms with Gasteiger partial charge in [-0.05, 0) is 37.1 Å². The average Bonchev–Trinajstić information content (AvgIpc) is 3.09. The summed E-state index contributed by atoms with van der Waals surface area (Å²) in [5.74, 6) is 0. The van der Waals surface area contributed by atoms with Crippen LogP contribution in [0.1, 0.15) is 18.9 Å². The predicted molar refractivity (Wildman–Crippen MR) is 89.5 cm³/mol. The quantitative estimate of drug-likeness (QED) is 0.719. The molecule has 112 valence electrons. The molecular formula is C17H17ClN4. The lowest BCUT2D eigenvalue weighted by atomic mass is 10.0. The SMILES string of the molecule is Clc1ccc2c(N3CCC(n4ccnc4)CC3)ccnc2c1. The van der Waals surface area contributed by atoms with Gasteiger partial charge >= 0.3 is 0 Å². The third-order valence-electron chi connectivity index (χ3n) is 4.43. The number of rotatable bonds is 2. The van der Waals surface area contributed by atoms with Crippen molar-refractivity contribution in [1.82, 2.24) is 14.5 Å². The lowest BCUT2D eigenvalue weighted by Crippen LogP contribution is -2.34. The number of halogens is 1. The van der Waals surface area contributed by atoms with Crippen LogP contribution in [0, 0.1) is 0 Å². The first-order chi connectivity index (χ1) is 10.8. The number of benzene rings is 1. The summed E-state index contributed by atoms with van der Waals surface area (Å²) in [5, 5.41) is 1.91. The molecule has 1 fully saturated rings. The zero-order valence-electron chi connectivity index (χ0n) is 12.2. The maximum absolute atomic E-state index is 6.07. The first kappa shape index (κ1) is 13.6. The van der Waals surface area contributed by atoms with E-state index >= 15 is 0 Å². The number of nitrogens with zero attached hydrogens (tertiary/aromatic N) is 4. The number of piperidine rings is 1. The molecule has 0 aliphatic carbocycles. The van der Waals surface area contributed by atoms with Gasteiger partial charge in [0.25, 0.3) is 0 Å². The molecule has 5 heteroatoms. The number of pyridine rings is 1. The first-order valence-electron chi connectivity index (χ1n) is 7.58. The van der Waals surface area contributed by atoms with Crippen LogP contribution in [0.25, 0.3) is 10.9 Å². The van der Waals surface area contributed by atoms with Crippen molar-refractivity contribution in [1.29, 1.82) is 0 Å². The molecule has 1 aliphatic heterocycles. The molecule has 0 N–H and O–H groups in total. The Morgan fingerprint density at radius 1 is 1.09 bits per heavy atom. The van der Waals surface area contributed by atoms with E-state index in [0.29, 0.717) is 6.04 Å². The molecule has 4 rings (SSSR count). The van der Waals surface area contributed by atoms with Crippen LogP contribution in [-0.2, 0) is 0 Å². The van der Waals surface area contributed by atoms with Crippen molar-refractivity contribution in [3.63, 3.8) is 0 Å². The third kappa shape index (κ3) is 2.44. The van der Waals surface area contributed by atoms with Crippen LogP contribution in [0.5, 0.6) is 0 Å². The van der Waals surface area contributed by atoms with Crippen LogP contribution in [0.2, 0.25) is 5.02 Å². The van der Waals surface area contributed by atoms with Gasteiger partial charge in [0, 0.05) is 53.8 Å². The molecule has 0 saturated carbocycles. The summed E-state index contributed by atoms with van der Waals surface area (Å²) in [5.41, 5.74) is 2.22. The molecule has 0 atom stereocenters. The molecule has 0 amide bonds. The summed E-state index contributed by atoms with van der Waals surface area (Å²) in [6, 6.07) is 8.60. The maximum atomic E-state index is 6.07. The highest BCUT2D eigenvalue weighted by Gasteiger charge is 2.21. The van der Waals surface area contributed by atoms with E-state index in [1.807, 2.05) is 30.9 Å². The van der Waals surface area contributed by atoms with Crippen molar-refractivity contribution in [2.45, 2.75) is 18.9 Å². The van der Waals surface area contributed by atoms with Crippen LogP contribution in [-0.4, -0.2) is 27.6 Å². The molecule has 3 heterocycles. The van der Waals surface area contributed by atoms with Crippen LogP contribution in [0.4, 0.5) is 5.69 Å². The molecule has 22 heavy (non-hydrogen) atoms. The Hall–Kier alpha value is -2.07. The molecule has 1 aromatic carbocycles. The number of fused-ring (bicyclic) bond motifs is 1. The first-order valence-corrected chi connectivity index (χ1v) is 7.96. The molecule has 0 unspecified atom stereocenters. The van der Waals surface area contributed by atoms with Gasteiger partial charge in [-0.25, -0.2) is 4.98 Å². The second-order valence-electron chi connectivity index (χ2n) is 5.72. The number of aromatic nitrogens is 3. The average molecular weight is 313 g/mol. The molecule has 2 aromatic heterocycles. The summed E-state index contributed by atoms with van der Waals surface area (Å²) in [7, 11) is 0. The molecule has 0 bridgehead atoms. The molecule has 4 nitrogen and oxygen atoms in total. The van der Waals surface area contributed by atoms with Crippen molar-refractivity contribution in [3.8, 4) is 0 Å². The number of hydrogen-bond acceptors (Lipinski definition) is 3. The molecular weight excluding hydrogens is 296 g/mol. The monoisotopic (exact) mass is 312 g/mol. The van der Waals surface area contributed by atoms with Crippen molar-refractivity contribution >= 4 is 28.2 Å². The molecule has 3 aromatic rings. The van der Waals surface area contributed by atoms with E-state index in [0.717, 1.165) is 36.5 Å². The van der Waals surface area contributed by atoms with E-state index in [-0.39, 0.29) is 0 Å². The second kappa shape index (κ2) is 5.61. The highest BCUT2D eigenvalue weighted by molar-refractivity contribution is 6.31. The Kier molecular flexibility index (Phi) is 3.47. The van der Waals surface area contributed by atoms with Crippen molar-refractivity contribution in [2.75, 3.05) is 18.0 Å². The fraction of sp³-hybridized carbons (Fsp3) is 0.294. The number of hydrogen-bond donors (Lipinski definition) is 0. The number of imidazole rings is 1. The lowest BCUT2D eigenvalue weighted by molar-refractivity contribution is 0.396. The third-order valence-corrected chi connectivity index (χ3v) is 4.67. The zero-order valence-corrected chi connectivity index (χ0v) is 12.9. The van der Waals surface area contributed by atoms with Crippen LogP contribution in [0.15, 0.2) is 49.2 Å². The van der Waals surface area contributed by atoms with E-state index in [9.17, 15) is 0 Å². The lowest BCUT2D eigenvalue weighted by Gasteiger charge is -2.34. The van der Waals surface area contributed by atoms with E-state index in [2.05, 4.69) is 37.8 Å². The molecule has 1 saturated heterocycles. The summed E-state index contributed by atoms with van der Waals surface area (Å²) in [6.07, 6.45) is 9.97. The van der Waals surface area contributed by atoms with E-state index in [1.54, 1.807) is 0 Å². The van der Waals surface area contributed by atoms with Crippen LogP contribution >= 0.6 is 11.6 Å². The fourth-order valence-electron chi connectivity index (χ4n) is 3.27.